The van der Waals surface area contributed by atoms with Gasteiger partial charge in [-0.15, -0.1) is 0 Å². The molecule has 3 aromatic carbocycles. The molecule has 1 heterocycles. The quantitative estimate of drug-likeness (QED) is 0.516. The highest BCUT2D eigenvalue weighted by Gasteiger charge is 2.30. The van der Waals surface area contributed by atoms with Crippen molar-refractivity contribution >= 4 is 38.5 Å². The normalized spacial score (nSPS) is 15.0. The summed E-state index contributed by atoms with van der Waals surface area (Å²) in [6.07, 6.45) is 0.589. The summed E-state index contributed by atoms with van der Waals surface area (Å²) in [6.45, 7) is 6.26. The van der Waals surface area contributed by atoms with E-state index in [1.807, 2.05) is 26.8 Å². The maximum Gasteiger partial charge on any atom is 0.410 e. The zero-order chi connectivity index (χ0) is 25.9. The van der Waals surface area contributed by atoms with Crippen LogP contribution in [0, 0.1) is 0 Å². The Hall–Kier alpha value is -3.43. The topological polar surface area (TPSA) is 105 Å². The second kappa shape index (κ2) is 10.3. The molecule has 0 atom stereocenters. The van der Waals surface area contributed by atoms with Crippen LogP contribution in [0.15, 0.2) is 71.6 Å². The van der Waals surface area contributed by atoms with Crippen molar-refractivity contribution in [2.45, 2.75) is 50.2 Å². The molecule has 0 spiro atoms. The maximum absolute atomic E-state index is 13.4. The number of hydrogen-bond acceptors (Lipinski definition) is 5. The molecule has 0 unspecified atom stereocenters. The van der Waals surface area contributed by atoms with E-state index in [1.54, 1.807) is 65.6 Å². The van der Waals surface area contributed by atoms with Gasteiger partial charge in [-0.25, -0.2) is 17.9 Å². The Morgan fingerprint density at radius 2 is 1.53 bits per heavy atom. The average Bonchev–Trinajstić information content (AvgIpc) is 2.83. The first-order valence-corrected chi connectivity index (χ1v) is 13.4. The van der Waals surface area contributed by atoms with E-state index in [1.165, 1.54) is 0 Å². The van der Waals surface area contributed by atoms with Crippen molar-refractivity contribution in [2.24, 2.45) is 0 Å². The molecule has 3 aromatic rings. The highest BCUT2D eigenvalue weighted by atomic mass is 32.2. The molecule has 1 fully saturated rings. The van der Waals surface area contributed by atoms with Gasteiger partial charge >= 0.3 is 6.09 Å². The van der Waals surface area contributed by atoms with E-state index in [9.17, 15) is 18.0 Å². The molecule has 1 saturated heterocycles. The summed E-state index contributed by atoms with van der Waals surface area (Å²) < 4.78 is 35.0. The minimum atomic E-state index is -3.85. The molecular weight excluding hydrogens is 478 g/mol. The molecule has 1 aliphatic rings. The Morgan fingerprint density at radius 3 is 2.19 bits per heavy atom. The Balaban J connectivity index is 1.49. The molecule has 0 bridgehead atoms. The third-order valence-corrected chi connectivity index (χ3v) is 7.50. The van der Waals surface area contributed by atoms with Crippen LogP contribution in [-0.4, -0.2) is 50.1 Å². The number of carbonyl (C=O) groups excluding carboxylic acids is 2. The van der Waals surface area contributed by atoms with Gasteiger partial charge in [-0.2, -0.15) is 0 Å². The molecule has 190 valence electrons. The second-order valence-electron chi connectivity index (χ2n) is 9.84. The summed E-state index contributed by atoms with van der Waals surface area (Å²) in [6, 6.07) is 18.7. The van der Waals surface area contributed by atoms with E-state index in [0.717, 1.165) is 0 Å². The number of likely N-dealkylation sites (tertiary alicyclic amines) is 1. The van der Waals surface area contributed by atoms with Crippen LogP contribution in [-0.2, 0) is 14.8 Å². The Labute approximate surface area is 211 Å². The minimum Gasteiger partial charge on any atom is -0.444 e. The van der Waals surface area contributed by atoms with Crippen molar-refractivity contribution in [2.75, 3.05) is 18.4 Å². The zero-order valence-corrected chi connectivity index (χ0v) is 21.5. The Morgan fingerprint density at radius 1 is 0.889 bits per heavy atom. The molecule has 0 aliphatic carbocycles. The largest absolute Gasteiger partial charge is 0.444 e. The first-order valence-electron chi connectivity index (χ1n) is 11.9. The molecular formula is C27H31N3O5S. The predicted molar refractivity (Wildman–Crippen MR) is 139 cm³/mol. The predicted octanol–water partition coefficient (Wildman–Crippen LogP) is 4.77. The van der Waals surface area contributed by atoms with Gasteiger partial charge in [0.1, 0.15) is 5.60 Å². The lowest BCUT2D eigenvalue weighted by molar-refractivity contribution is 0.0203. The van der Waals surface area contributed by atoms with E-state index in [2.05, 4.69) is 10.0 Å². The van der Waals surface area contributed by atoms with Crippen molar-refractivity contribution in [1.29, 1.82) is 0 Å². The number of amides is 2. The fourth-order valence-electron chi connectivity index (χ4n) is 4.20. The molecule has 4 rings (SSSR count). The van der Waals surface area contributed by atoms with Gasteiger partial charge < -0.3 is 15.0 Å². The van der Waals surface area contributed by atoms with E-state index < -0.39 is 15.6 Å². The monoisotopic (exact) mass is 509 g/mol. The number of benzene rings is 3. The van der Waals surface area contributed by atoms with Crippen molar-refractivity contribution in [3.05, 3.63) is 72.3 Å². The van der Waals surface area contributed by atoms with Gasteiger partial charge in [-0.05, 0) is 57.9 Å². The number of sulfonamides is 1. The van der Waals surface area contributed by atoms with Crippen LogP contribution >= 0.6 is 0 Å². The van der Waals surface area contributed by atoms with Gasteiger partial charge in [0.15, 0.2) is 0 Å². The fourth-order valence-corrected chi connectivity index (χ4v) is 5.72. The lowest BCUT2D eigenvalue weighted by Crippen LogP contribution is -2.47. The van der Waals surface area contributed by atoms with Crippen molar-refractivity contribution < 1.29 is 22.7 Å². The third-order valence-electron chi connectivity index (χ3n) is 5.92. The van der Waals surface area contributed by atoms with Gasteiger partial charge in [-0.1, -0.05) is 42.5 Å². The molecule has 0 aromatic heterocycles. The SMILES string of the molecule is CC(C)(C)OC(=O)N1CCC(NS(=O)(=O)c2cccc3c(NC(=O)c4ccccc4)cccc23)CC1. The molecule has 9 heteroatoms. The van der Waals surface area contributed by atoms with Crippen LogP contribution in [0.2, 0.25) is 0 Å². The number of carbonyl (C=O) groups is 2. The molecule has 2 N–H and O–H groups in total. The number of nitrogens with zero attached hydrogens (tertiary/aromatic N) is 1. The van der Waals surface area contributed by atoms with Crippen LogP contribution < -0.4 is 10.0 Å². The lowest BCUT2D eigenvalue weighted by Gasteiger charge is -2.33. The van der Waals surface area contributed by atoms with Gasteiger partial charge in [0.05, 0.1) is 4.90 Å². The Kier molecular flexibility index (Phi) is 7.33. The fraction of sp³-hybridized carbons (Fsp3) is 0.333. The first-order chi connectivity index (χ1) is 17.0. The van der Waals surface area contributed by atoms with E-state index in [0.29, 0.717) is 48.0 Å². The van der Waals surface area contributed by atoms with Crippen molar-refractivity contribution in [3.8, 4) is 0 Å². The summed E-state index contributed by atoms with van der Waals surface area (Å²) in [4.78, 5) is 26.7. The average molecular weight is 510 g/mol. The van der Waals surface area contributed by atoms with Crippen LogP contribution in [0.4, 0.5) is 10.5 Å². The maximum atomic E-state index is 13.4. The smallest absolute Gasteiger partial charge is 0.410 e. The van der Waals surface area contributed by atoms with Crippen LogP contribution in [0.3, 0.4) is 0 Å². The molecule has 2 amide bonds. The third kappa shape index (κ3) is 6.03. The number of rotatable bonds is 5. The van der Waals surface area contributed by atoms with Gasteiger partial charge in [-0.3, -0.25) is 4.79 Å². The van der Waals surface area contributed by atoms with Crippen LogP contribution in [0.1, 0.15) is 44.0 Å². The highest BCUT2D eigenvalue weighted by molar-refractivity contribution is 7.89. The van der Waals surface area contributed by atoms with Gasteiger partial charge in [0.25, 0.3) is 5.91 Å². The summed E-state index contributed by atoms with van der Waals surface area (Å²) in [5.74, 6) is -0.272. The second-order valence-corrected chi connectivity index (χ2v) is 11.5. The van der Waals surface area contributed by atoms with E-state index >= 15 is 0 Å². The number of piperidine rings is 1. The molecule has 36 heavy (non-hydrogen) atoms. The van der Waals surface area contributed by atoms with Crippen LogP contribution in [0.25, 0.3) is 10.8 Å². The van der Waals surface area contributed by atoms with E-state index in [4.69, 9.17) is 4.74 Å². The zero-order valence-electron chi connectivity index (χ0n) is 20.7. The molecule has 0 radical (unpaired) electrons. The highest BCUT2D eigenvalue weighted by Crippen LogP contribution is 2.30. The van der Waals surface area contributed by atoms with E-state index in [-0.39, 0.29) is 22.9 Å². The number of hydrogen-bond donors (Lipinski definition) is 2. The summed E-state index contributed by atoms with van der Waals surface area (Å²) in [5.41, 5.74) is 0.463. The summed E-state index contributed by atoms with van der Waals surface area (Å²) in [5, 5.41) is 4.03. The summed E-state index contributed by atoms with van der Waals surface area (Å²) >= 11 is 0. The number of fused-ring (bicyclic) bond motifs is 1. The first kappa shape index (κ1) is 25.7. The minimum absolute atomic E-state index is 0.144. The number of ether oxygens (including phenoxy) is 1. The standard InChI is InChI=1S/C27H31N3O5S/c1-27(2,3)35-26(32)30-17-15-20(16-18-30)29-36(33,34)24-14-8-11-21-22(24)12-7-13-23(21)28-25(31)19-9-5-4-6-10-19/h4-14,20,29H,15-18H2,1-3H3,(H,28,31). The van der Waals surface area contributed by atoms with Crippen LogP contribution in [0.5, 0.6) is 0 Å². The van der Waals surface area contributed by atoms with Gasteiger partial charge in [0.2, 0.25) is 10.0 Å². The Bertz CT molecular complexity index is 1360. The van der Waals surface area contributed by atoms with Crippen molar-refractivity contribution in [1.82, 2.24) is 9.62 Å². The van der Waals surface area contributed by atoms with Gasteiger partial charge in [0, 0.05) is 41.2 Å². The summed E-state index contributed by atoms with van der Waals surface area (Å²) in [7, 11) is -3.85. The number of nitrogens with one attached hydrogen (secondary N) is 2. The van der Waals surface area contributed by atoms with Crippen molar-refractivity contribution in [3.63, 3.8) is 0 Å². The molecule has 8 nitrogen and oxygen atoms in total. The molecule has 0 saturated carbocycles. The number of anilines is 1. The lowest BCUT2D eigenvalue weighted by atomic mass is 10.1. The molecule has 1 aliphatic heterocycles.